The van der Waals surface area contributed by atoms with Crippen LogP contribution in [0.5, 0.6) is 0 Å². The van der Waals surface area contributed by atoms with E-state index < -0.39 is 0 Å². The predicted molar refractivity (Wildman–Crippen MR) is 85.9 cm³/mol. The average Bonchev–Trinajstić information content (AvgIpc) is 2.83. The van der Waals surface area contributed by atoms with E-state index >= 15 is 0 Å². The van der Waals surface area contributed by atoms with E-state index in [2.05, 4.69) is 35.0 Å². The van der Waals surface area contributed by atoms with Crippen molar-refractivity contribution in [3.05, 3.63) is 69.4 Å². The fourth-order valence-corrected chi connectivity index (χ4v) is 3.00. The molecular formula is C17H16BrNO. The Hall–Kier alpha value is -1.58. The summed E-state index contributed by atoms with van der Waals surface area (Å²) in [7, 11) is 0. The minimum atomic E-state index is -0.241. The minimum absolute atomic E-state index is 0.241. The van der Waals surface area contributed by atoms with Gasteiger partial charge in [-0.3, -0.25) is 0 Å². The molecule has 3 heteroatoms. The van der Waals surface area contributed by atoms with Gasteiger partial charge in [0.25, 0.3) is 0 Å². The lowest BCUT2D eigenvalue weighted by Crippen LogP contribution is -2.12. The van der Waals surface area contributed by atoms with Crippen LogP contribution >= 0.6 is 15.9 Å². The van der Waals surface area contributed by atoms with Crippen molar-refractivity contribution in [3.63, 3.8) is 0 Å². The Morgan fingerprint density at radius 2 is 1.85 bits per heavy atom. The van der Waals surface area contributed by atoms with Crippen molar-refractivity contribution in [2.45, 2.75) is 19.9 Å². The zero-order valence-electron chi connectivity index (χ0n) is 11.5. The van der Waals surface area contributed by atoms with Crippen molar-refractivity contribution in [2.75, 3.05) is 0 Å². The number of fused-ring (bicyclic) bond motifs is 1. The molecule has 1 heterocycles. The lowest BCUT2D eigenvalue weighted by atomic mass is 10.00. The Labute approximate surface area is 126 Å². The Morgan fingerprint density at radius 1 is 1.05 bits per heavy atom. The van der Waals surface area contributed by atoms with E-state index in [4.69, 9.17) is 10.2 Å². The molecular weight excluding hydrogens is 314 g/mol. The summed E-state index contributed by atoms with van der Waals surface area (Å²) in [5.41, 5.74) is 10.7. The second-order valence-corrected chi connectivity index (χ2v) is 6.04. The van der Waals surface area contributed by atoms with Crippen LogP contribution in [0.2, 0.25) is 0 Å². The SMILES string of the molecule is Cc1cc(Br)ccc1C(N)c1cc2cccc(C)c2o1. The molecule has 2 N–H and O–H groups in total. The first kappa shape index (κ1) is 13.4. The summed E-state index contributed by atoms with van der Waals surface area (Å²) in [6.07, 6.45) is 0. The molecule has 1 atom stereocenters. The van der Waals surface area contributed by atoms with Gasteiger partial charge in [0.15, 0.2) is 0 Å². The van der Waals surface area contributed by atoms with Crippen molar-refractivity contribution in [3.8, 4) is 0 Å². The first-order valence-electron chi connectivity index (χ1n) is 6.57. The molecule has 2 nitrogen and oxygen atoms in total. The van der Waals surface area contributed by atoms with E-state index in [1.54, 1.807) is 0 Å². The molecule has 0 saturated heterocycles. The second kappa shape index (κ2) is 5.08. The Balaban J connectivity index is 2.08. The largest absolute Gasteiger partial charge is 0.459 e. The summed E-state index contributed by atoms with van der Waals surface area (Å²) in [6.45, 7) is 4.11. The van der Waals surface area contributed by atoms with Gasteiger partial charge in [0.2, 0.25) is 0 Å². The highest BCUT2D eigenvalue weighted by molar-refractivity contribution is 9.10. The smallest absolute Gasteiger partial charge is 0.137 e. The standard InChI is InChI=1S/C17H16BrNO/c1-10-4-3-5-12-9-15(20-17(10)12)16(19)14-7-6-13(18)8-11(14)2/h3-9,16H,19H2,1-2H3. The van der Waals surface area contributed by atoms with Crippen LogP contribution in [0.4, 0.5) is 0 Å². The summed E-state index contributed by atoms with van der Waals surface area (Å²) >= 11 is 3.48. The first-order valence-corrected chi connectivity index (χ1v) is 7.36. The van der Waals surface area contributed by atoms with Gasteiger partial charge in [-0.05, 0) is 48.7 Å². The van der Waals surface area contributed by atoms with Crippen molar-refractivity contribution < 1.29 is 4.42 Å². The third kappa shape index (κ3) is 2.28. The maximum absolute atomic E-state index is 6.37. The van der Waals surface area contributed by atoms with Crippen LogP contribution in [0.1, 0.15) is 28.5 Å². The van der Waals surface area contributed by atoms with Crippen LogP contribution in [0, 0.1) is 13.8 Å². The van der Waals surface area contributed by atoms with Gasteiger partial charge in [0.1, 0.15) is 11.3 Å². The van der Waals surface area contributed by atoms with E-state index in [1.165, 1.54) is 0 Å². The molecule has 0 bridgehead atoms. The Morgan fingerprint density at radius 3 is 2.55 bits per heavy atom. The van der Waals surface area contributed by atoms with Gasteiger partial charge in [0, 0.05) is 9.86 Å². The lowest BCUT2D eigenvalue weighted by Gasteiger charge is -2.12. The molecule has 1 unspecified atom stereocenters. The quantitative estimate of drug-likeness (QED) is 0.729. The molecule has 3 rings (SSSR count). The van der Waals surface area contributed by atoms with Crippen LogP contribution in [0.25, 0.3) is 11.0 Å². The highest BCUT2D eigenvalue weighted by Gasteiger charge is 2.16. The van der Waals surface area contributed by atoms with Gasteiger partial charge in [-0.15, -0.1) is 0 Å². The molecule has 102 valence electrons. The van der Waals surface area contributed by atoms with Gasteiger partial charge < -0.3 is 10.2 Å². The van der Waals surface area contributed by atoms with Crippen molar-refractivity contribution in [2.24, 2.45) is 5.73 Å². The molecule has 0 aliphatic carbocycles. The first-order chi connectivity index (χ1) is 9.56. The van der Waals surface area contributed by atoms with E-state index in [9.17, 15) is 0 Å². The van der Waals surface area contributed by atoms with Gasteiger partial charge in [-0.2, -0.15) is 0 Å². The average molecular weight is 330 g/mol. The molecule has 0 radical (unpaired) electrons. The molecule has 2 aromatic carbocycles. The van der Waals surface area contributed by atoms with Gasteiger partial charge in [-0.25, -0.2) is 0 Å². The molecule has 0 aliphatic rings. The molecule has 0 amide bonds. The van der Waals surface area contributed by atoms with E-state index in [0.717, 1.165) is 37.9 Å². The molecule has 0 spiro atoms. The predicted octanol–water partition coefficient (Wildman–Crippen LogP) is 4.86. The summed E-state index contributed by atoms with van der Waals surface area (Å²) in [5, 5.41) is 1.10. The monoisotopic (exact) mass is 329 g/mol. The highest BCUT2D eigenvalue weighted by Crippen LogP contribution is 2.30. The maximum Gasteiger partial charge on any atom is 0.137 e. The normalized spacial score (nSPS) is 12.8. The highest BCUT2D eigenvalue weighted by atomic mass is 79.9. The number of aryl methyl sites for hydroxylation is 2. The number of hydrogen-bond donors (Lipinski definition) is 1. The molecule has 3 aromatic rings. The topological polar surface area (TPSA) is 39.2 Å². The number of benzene rings is 2. The summed E-state index contributed by atoms with van der Waals surface area (Å²) in [5.74, 6) is 0.805. The van der Waals surface area contributed by atoms with E-state index in [1.807, 2.05) is 37.3 Å². The minimum Gasteiger partial charge on any atom is -0.459 e. The molecule has 0 aliphatic heterocycles. The molecule has 20 heavy (non-hydrogen) atoms. The van der Waals surface area contributed by atoms with Crippen LogP contribution in [-0.2, 0) is 0 Å². The van der Waals surface area contributed by atoms with Crippen LogP contribution in [-0.4, -0.2) is 0 Å². The van der Waals surface area contributed by atoms with Gasteiger partial charge >= 0.3 is 0 Å². The van der Waals surface area contributed by atoms with Gasteiger partial charge in [0.05, 0.1) is 6.04 Å². The van der Waals surface area contributed by atoms with Crippen molar-refractivity contribution in [1.82, 2.24) is 0 Å². The van der Waals surface area contributed by atoms with Crippen molar-refractivity contribution >= 4 is 26.9 Å². The fourth-order valence-electron chi connectivity index (χ4n) is 2.52. The number of rotatable bonds is 2. The zero-order valence-corrected chi connectivity index (χ0v) is 13.1. The number of furan rings is 1. The van der Waals surface area contributed by atoms with Crippen LogP contribution in [0.3, 0.4) is 0 Å². The number of para-hydroxylation sites is 1. The van der Waals surface area contributed by atoms with Gasteiger partial charge in [-0.1, -0.05) is 40.2 Å². The zero-order chi connectivity index (χ0) is 14.3. The molecule has 0 fully saturated rings. The number of nitrogens with two attached hydrogens (primary N) is 1. The summed E-state index contributed by atoms with van der Waals surface area (Å²) < 4.78 is 7.03. The van der Waals surface area contributed by atoms with E-state index in [0.29, 0.717) is 0 Å². The van der Waals surface area contributed by atoms with Crippen LogP contribution < -0.4 is 5.73 Å². The number of hydrogen-bond acceptors (Lipinski definition) is 2. The second-order valence-electron chi connectivity index (χ2n) is 5.12. The van der Waals surface area contributed by atoms with Crippen LogP contribution in [0.15, 0.2) is 51.4 Å². The Kier molecular flexibility index (Phi) is 3.40. The third-order valence-corrected chi connectivity index (χ3v) is 4.13. The molecule has 0 saturated carbocycles. The maximum atomic E-state index is 6.37. The van der Waals surface area contributed by atoms with Crippen molar-refractivity contribution in [1.29, 1.82) is 0 Å². The Bertz CT molecular complexity index is 776. The van der Waals surface area contributed by atoms with E-state index in [-0.39, 0.29) is 6.04 Å². The summed E-state index contributed by atoms with van der Waals surface area (Å²) in [6, 6.07) is 14.1. The lowest BCUT2D eigenvalue weighted by molar-refractivity contribution is 0.523. The molecule has 1 aromatic heterocycles. The summed E-state index contributed by atoms with van der Waals surface area (Å²) in [4.78, 5) is 0. The third-order valence-electron chi connectivity index (χ3n) is 3.63. The number of halogens is 1. The fraction of sp³-hybridized carbons (Fsp3) is 0.176.